The van der Waals surface area contributed by atoms with E-state index in [-0.39, 0.29) is 30.2 Å². The van der Waals surface area contributed by atoms with Crippen LogP contribution in [-0.4, -0.2) is 53.6 Å². The minimum absolute atomic E-state index is 0.106. The van der Waals surface area contributed by atoms with Crippen LogP contribution in [0.15, 0.2) is 29.3 Å². The number of hydrogen-bond donors (Lipinski definition) is 0. The second-order valence-corrected chi connectivity index (χ2v) is 8.51. The Labute approximate surface area is 160 Å². The van der Waals surface area contributed by atoms with Crippen molar-refractivity contribution in [2.45, 2.75) is 24.9 Å². The number of sulfonamides is 1. The van der Waals surface area contributed by atoms with Gasteiger partial charge in [0.25, 0.3) is 0 Å². The van der Waals surface area contributed by atoms with Gasteiger partial charge in [0.2, 0.25) is 10.0 Å². The second kappa shape index (κ2) is 7.78. The van der Waals surface area contributed by atoms with Gasteiger partial charge in [-0.05, 0) is 19.1 Å². The summed E-state index contributed by atoms with van der Waals surface area (Å²) in [5.41, 5.74) is 0.259. The molecule has 0 radical (unpaired) electrons. The SMILES string of the molecule is Cc1c(S(=O)(=O)N2CCN(Cc3c(F)cccc3Cl)CC2)cnn1C(F)F. The smallest absolute Gasteiger partial charge is 0.296 e. The molecule has 1 fully saturated rings. The van der Waals surface area contributed by atoms with E-state index in [4.69, 9.17) is 11.6 Å². The summed E-state index contributed by atoms with van der Waals surface area (Å²) >= 11 is 6.03. The molecule has 0 unspecified atom stereocenters. The fourth-order valence-corrected chi connectivity index (χ4v) is 4.82. The van der Waals surface area contributed by atoms with Crippen LogP contribution < -0.4 is 0 Å². The van der Waals surface area contributed by atoms with Crippen molar-refractivity contribution >= 4 is 21.6 Å². The summed E-state index contributed by atoms with van der Waals surface area (Å²) in [7, 11) is -3.93. The van der Waals surface area contributed by atoms with Crippen molar-refractivity contribution in [3.63, 3.8) is 0 Å². The number of rotatable bonds is 5. The Hall–Kier alpha value is -1.62. The van der Waals surface area contributed by atoms with Crippen molar-refractivity contribution in [3.05, 3.63) is 46.5 Å². The fraction of sp³-hybridized carbons (Fsp3) is 0.438. The molecule has 148 valence electrons. The largest absolute Gasteiger partial charge is 0.333 e. The molecule has 0 saturated carbocycles. The van der Waals surface area contributed by atoms with Gasteiger partial charge in [-0.25, -0.2) is 17.5 Å². The molecule has 2 aromatic rings. The Morgan fingerprint density at radius 3 is 2.44 bits per heavy atom. The molecule has 0 atom stereocenters. The molecular weight excluding hydrogens is 405 g/mol. The summed E-state index contributed by atoms with van der Waals surface area (Å²) < 4.78 is 66.7. The standard InChI is InChI=1S/C16H18ClF3N4O2S/c1-11-15(9-21-24(11)16(19)20)27(25,26)23-7-5-22(6-8-23)10-12-13(17)3-2-4-14(12)18/h2-4,9,16H,5-8,10H2,1H3. The van der Waals surface area contributed by atoms with Gasteiger partial charge in [0.05, 0.1) is 11.9 Å². The van der Waals surface area contributed by atoms with Crippen LogP contribution in [0, 0.1) is 12.7 Å². The monoisotopic (exact) mass is 422 g/mol. The van der Waals surface area contributed by atoms with Crippen LogP contribution in [0.2, 0.25) is 5.02 Å². The van der Waals surface area contributed by atoms with Gasteiger partial charge in [-0.3, -0.25) is 4.90 Å². The lowest BCUT2D eigenvalue weighted by atomic mass is 10.2. The number of halogens is 4. The fourth-order valence-electron chi connectivity index (χ4n) is 3.03. The zero-order valence-electron chi connectivity index (χ0n) is 14.4. The van der Waals surface area contributed by atoms with Crippen LogP contribution in [0.5, 0.6) is 0 Å². The van der Waals surface area contributed by atoms with Gasteiger partial charge >= 0.3 is 6.55 Å². The summed E-state index contributed by atoms with van der Waals surface area (Å²) in [6.45, 7) is -0.292. The van der Waals surface area contributed by atoms with Crippen LogP contribution >= 0.6 is 11.6 Å². The summed E-state index contributed by atoms with van der Waals surface area (Å²) in [5, 5.41) is 3.78. The Kier molecular flexibility index (Phi) is 5.80. The van der Waals surface area contributed by atoms with Crippen LogP contribution in [0.3, 0.4) is 0 Å². The summed E-state index contributed by atoms with van der Waals surface area (Å²) in [5.74, 6) is -0.410. The van der Waals surface area contributed by atoms with Crippen molar-refractivity contribution in [1.82, 2.24) is 19.0 Å². The number of benzene rings is 1. The minimum atomic E-state index is -3.93. The first-order valence-corrected chi connectivity index (χ1v) is 10.0. The summed E-state index contributed by atoms with van der Waals surface area (Å²) in [6, 6.07) is 4.45. The highest BCUT2D eigenvalue weighted by molar-refractivity contribution is 7.89. The van der Waals surface area contributed by atoms with Crippen molar-refractivity contribution < 1.29 is 21.6 Å². The van der Waals surface area contributed by atoms with Crippen LogP contribution in [0.25, 0.3) is 0 Å². The van der Waals surface area contributed by atoms with E-state index in [1.807, 2.05) is 4.90 Å². The highest BCUT2D eigenvalue weighted by atomic mass is 35.5. The Morgan fingerprint density at radius 2 is 1.89 bits per heavy atom. The van der Waals surface area contributed by atoms with Gasteiger partial charge in [-0.1, -0.05) is 17.7 Å². The third-order valence-electron chi connectivity index (χ3n) is 4.58. The second-order valence-electron chi connectivity index (χ2n) is 6.20. The van der Waals surface area contributed by atoms with Crippen molar-refractivity contribution in [3.8, 4) is 0 Å². The summed E-state index contributed by atoms with van der Waals surface area (Å²) in [6.07, 6.45) is 0.947. The van der Waals surface area contributed by atoms with Gasteiger partial charge in [-0.15, -0.1) is 0 Å². The van der Waals surface area contributed by atoms with E-state index in [1.54, 1.807) is 6.07 Å². The van der Waals surface area contributed by atoms with Crippen molar-refractivity contribution in [2.24, 2.45) is 0 Å². The molecule has 0 amide bonds. The van der Waals surface area contributed by atoms with Crippen LogP contribution in [-0.2, 0) is 16.6 Å². The first-order chi connectivity index (χ1) is 12.7. The van der Waals surface area contributed by atoms with E-state index < -0.39 is 22.4 Å². The Balaban J connectivity index is 1.70. The van der Waals surface area contributed by atoms with E-state index in [1.165, 1.54) is 23.4 Å². The molecule has 3 rings (SSSR count). The number of aromatic nitrogens is 2. The van der Waals surface area contributed by atoms with Gasteiger partial charge in [0.1, 0.15) is 10.7 Å². The molecule has 1 aromatic carbocycles. The predicted octanol–water partition coefficient (Wildman–Crippen LogP) is 2.89. The lowest BCUT2D eigenvalue weighted by Crippen LogP contribution is -2.48. The first kappa shape index (κ1) is 20.1. The third kappa shape index (κ3) is 3.98. The minimum Gasteiger partial charge on any atom is -0.296 e. The predicted molar refractivity (Wildman–Crippen MR) is 93.7 cm³/mol. The number of hydrogen-bond acceptors (Lipinski definition) is 4. The molecule has 11 heteroatoms. The molecule has 0 N–H and O–H groups in total. The molecule has 6 nitrogen and oxygen atoms in total. The Morgan fingerprint density at radius 1 is 1.22 bits per heavy atom. The lowest BCUT2D eigenvalue weighted by Gasteiger charge is -2.34. The molecule has 0 aliphatic carbocycles. The lowest BCUT2D eigenvalue weighted by molar-refractivity contribution is 0.0541. The number of piperazine rings is 1. The maximum atomic E-state index is 13.9. The average Bonchev–Trinajstić information content (AvgIpc) is 3.01. The quantitative estimate of drug-likeness (QED) is 0.743. The van der Waals surface area contributed by atoms with Crippen molar-refractivity contribution in [1.29, 1.82) is 0 Å². The van der Waals surface area contributed by atoms with Crippen molar-refractivity contribution in [2.75, 3.05) is 26.2 Å². The van der Waals surface area contributed by atoms with Crippen LogP contribution in [0.4, 0.5) is 13.2 Å². The molecular formula is C16H18ClF3N4O2S. The molecule has 2 heterocycles. The maximum Gasteiger partial charge on any atom is 0.333 e. The maximum absolute atomic E-state index is 13.9. The topological polar surface area (TPSA) is 58.4 Å². The van der Waals surface area contributed by atoms with E-state index >= 15 is 0 Å². The zero-order chi connectivity index (χ0) is 19.8. The average molecular weight is 423 g/mol. The van der Waals surface area contributed by atoms with E-state index in [0.717, 1.165) is 6.20 Å². The van der Waals surface area contributed by atoms with Gasteiger partial charge in [0, 0.05) is 43.3 Å². The molecule has 27 heavy (non-hydrogen) atoms. The number of alkyl halides is 2. The van der Waals surface area contributed by atoms with E-state index in [9.17, 15) is 21.6 Å². The van der Waals surface area contributed by atoms with Gasteiger partial charge in [0.15, 0.2) is 0 Å². The zero-order valence-corrected chi connectivity index (χ0v) is 16.0. The molecule has 1 aliphatic heterocycles. The highest BCUT2D eigenvalue weighted by Gasteiger charge is 2.32. The number of nitrogens with zero attached hydrogens (tertiary/aromatic N) is 4. The highest BCUT2D eigenvalue weighted by Crippen LogP contribution is 2.25. The molecule has 1 saturated heterocycles. The van der Waals surface area contributed by atoms with Gasteiger partial charge < -0.3 is 0 Å². The normalized spacial score (nSPS) is 17.0. The van der Waals surface area contributed by atoms with Crippen LogP contribution in [0.1, 0.15) is 17.8 Å². The third-order valence-corrected chi connectivity index (χ3v) is 6.93. The summed E-state index contributed by atoms with van der Waals surface area (Å²) in [4.78, 5) is 1.67. The van der Waals surface area contributed by atoms with E-state index in [2.05, 4.69) is 5.10 Å². The Bertz CT molecular complexity index is 907. The molecule has 1 aliphatic rings. The first-order valence-electron chi connectivity index (χ1n) is 8.19. The molecule has 0 spiro atoms. The van der Waals surface area contributed by atoms with E-state index in [0.29, 0.717) is 28.4 Å². The molecule has 0 bridgehead atoms. The van der Waals surface area contributed by atoms with Gasteiger partial charge in [-0.2, -0.15) is 18.2 Å². The molecule has 1 aromatic heterocycles.